The number of halogens is 1. The predicted octanol–water partition coefficient (Wildman–Crippen LogP) is 1.23. The molecule has 2 heterocycles. The molecule has 1 aromatic rings. The Morgan fingerprint density at radius 2 is 2.10 bits per heavy atom. The van der Waals surface area contributed by atoms with Crippen LogP contribution in [-0.2, 0) is 10.0 Å². The highest BCUT2D eigenvalue weighted by atomic mass is 32.2. The van der Waals surface area contributed by atoms with Crippen LogP contribution >= 0.6 is 0 Å². The van der Waals surface area contributed by atoms with Crippen LogP contribution in [0.1, 0.15) is 24.8 Å². The van der Waals surface area contributed by atoms with E-state index in [-0.39, 0.29) is 22.7 Å². The van der Waals surface area contributed by atoms with Crippen molar-refractivity contribution in [3.8, 4) is 0 Å². The number of fused-ring (bicyclic) bond motifs is 1. The largest absolute Gasteiger partial charge is 0.398 e. The SMILES string of the molecule is Cc1cc(F)c(S(=O)(=O)NC2CCN3CCCC23)cc1N. The fourth-order valence-electron chi connectivity index (χ4n) is 3.36. The summed E-state index contributed by atoms with van der Waals surface area (Å²) < 4.78 is 41.5. The molecule has 3 rings (SSSR count). The van der Waals surface area contributed by atoms with Gasteiger partial charge in [0.25, 0.3) is 0 Å². The molecule has 5 nitrogen and oxygen atoms in total. The number of aryl methyl sites for hydroxylation is 1. The molecule has 0 saturated carbocycles. The zero-order valence-corrected chi connectivity index (χ0v) is 12.8. The first kappa shape index (κ1) is 14.7. The van der Waals surface area contributed by atoms with Crippen molar-refractivity contribution in [1.29, 1.82) is 0 Å². The predicted molar refractivity (Wildman–Crippen MR) is 78.9 cm³/mol. The van der Waals surface area contributed by atoms with Gasteiger partial charge >= 0.3 is 0 Å². The Kier molecular flexibility index (Phi) is 3.67. The van der Waals surface area contributed by atoms with Gasteiger partial charge in [0.15, 0.2) is 0 Å². The zero-order valence-electron chi connectivity index (χ0n) is 12.0. The van der Waals surface area contributed by atoms with Crippen molar-refractivity contribution in [3.63, 3.8) is 0 Å². The third kappa shape index (κ3) is 2.65. The highest BCUT2D eigenvalue weighted by Crippen LogP contribution is 2.29. The molecule has 2 aliphatic heterocycles. The van der Waals surface area contributed by atoms with E-state index in [4.69, 9.17) is 5.73 Å². The van der Waals surface area contributed by atoms with Crippen LogP contribution < -0.4 is 10.5 Å². The lowest BCUT2D eigenvalue weighted by Crippen LogP contribution is -2.42. The fourth-order valence-corrected chi connectivity index (χ4v) is 4.76. The monoisotopic (exact) mass is 313 g/mol. The Morgan fingerprint density at radius 1 is 1.33 bits per heavy atom. The van der Waals surface area contributed by atoms with Crippen molar-refractivity contribution < 1.29 is 12.8 Å². The molecule has 0 bridgehead atoms. The van der Waals surface area contributed by atoms with E-state index in [1.807, 2.05) is 0 Å². The maximum absolute atomic E-state index is 14.0. The van der Waals surface area contributed by atoms with Crippen LogP contribution in [0.3, 0.4) is 0 Å². The topological polar surface area (TPSA) is 75.4 Å². The first-order valence-electron chi connectivity index (χ1n) is 7.20. The molecular weight excluding hydrogens is 293 g/mol. The Morgan fingerprint density at radius 3 is 2.86 bits per heavy atom. The van der Waals surface area contributed by atoms with Gasteiger partial charge in [-0.25, -0.2) is 17.5 Å². The molecule has 7 heteroatoms. The molecule has 2 saturated heterocycles. The number of nitrogen functional groups attached to an aromatic ring is 1. The second kappa shape index (κ2) is 5.23. The van der Waals surface area contributed by atoms with Crippen LogP contribution in [0, 0.1) is 12.7 Å². The van der Waals surface area contributed by atoms with Gasteiger partial charge in [0, 0.05) is 24.3 Å². The smallest absolute Gasteiger partial charge is 0.243 e. The van der Waals surface area contributed by atoms with Gasteiger partial charge in [0.2, 0.25) is 10.0 Å². The minimum Gasteiger partial charge on any atom is -0.398 e. The number of nitrogens with one attached hydrogen (secondary N) is 1. The molecule has 116 valence electrons. The Bertz CT molecular complexity index is 662. The second-order valence-corrected chi connectivity index (χ2v) is 7.58. The molecule has 2 fully saturated rings. The third-order valence-corrected chi connectivity index (χ3v) is 6.03. The van der Waals surface area contributed by atoms with Crippen LogP contribution in [0.5, 0.6) is 0 Å². The maximum atomic E-state index is 14.0. The number of benzene rings is 1. The summed E-state index contributed by atoms with van der Waals surface area (Å²) in [4.78, 5) is 1.94. The van der Waals surface area contributed by atoms with E-state index in [2.05, 4.69) is 9.62 Å². The fraction of sp³-hybridized carbons (Fsp3) is 0.571. The minimum atomic E-state index is -3.88. The average molecular weight is 313 g/mol. The summed E-state index contributed by atoms with van der Waals surface area (Å²) in [6.45, 7) is 3.57. The number of anilines is 1. The van der Waals surface area contributed by atoms with Crippen molar-refractivity contribution in [3.05, 3.63) is 23.5 Å². The first-order valence-corrected chi connectivity index (χ1v) is 8.69. The number of hydrogen-bond acceptors (Lipinski definition) is 4. The Labute approximate surface area is 124 Å². The van der Waals surface area contributed by atoms with Crippen LogP contribution in [0.15, 0.2) is 17.0 Å². The molecule has 0 aromatic heterocycles. The summed E-state index contributed by atoms with van der Waals surface area (Å²) in [6, 6.07) is 2.47. The molecule has 0 aliphatic carbocycles. The molecule has 3 N–H and O–H groups in total. The molecule has 21 heavy (non-hydrogen) atoms. The highest BCUT2D eigenvalue weighted by Gasteiger charge is 2.39. The normalized spacial score (nSPS) is 26.2. The van der Waals surface area contributed by atoms with Gasteiger partial charge in [-0.15, -0.1) is 0 Å². The molecule has 1 aromatic carbocycles. The van der Waals surface area contributed by atoms with E-state index in [0.717, 1.165) is 32.4 Å². The van der Waals surface area contributed by atoms with Crippen LogP contribution in [0.2, 0.25) is 0 Å². The quantitative estimate of drug-likeness (QED) is 0.823. The second-order valence-electron chi connectivity index (χ2n) is 5.90. The molecule has 0 spiro atoms. The average Bonchev–Trinajstić information content (AvgIpc) is 2.98. The van der Waals surface area contributed by atoms with Crippen molar-refractivity contribution >= 4 is 15.7 Å². The van der Waals surface area contributed by atoms with Crippen molar-refractivity contribution in [2.45, 2.75) is 43.2 Å². The number of hydrogen-bond donors (Lipinski definition) is 2. The summed E-state index contributed by atoms with van der Waals surface area (Å²) in [7, 11) is -3.88. The number of nitrogens with zero attached hydrogens (tertiary/aromatic N) is 1. The molecule has 0 radical (unpaired) electrons. The lowest BCUT2D eigenvalue weighted by Gasteiger charge is -2.21. The van der Waals surface area contributed by atoms with Gasteiger partial charge in [0.05, 0.1) is 0 Å². The molecule has 2 atom stereocenters. The summed E-state index contributed by atoms with van der Waals surface area (Å²) in [6.07, 6.45) is 2.85. The number of nitrogens with two attached hydrogens (primary N) is 1. The lowest BCUT2D eigenvalue weighted by molar-refractivity contribution is 0.308. The van der Waals surface area contributed by atoms with E-state index in [9.17, 15) is 12.8 Å². The van der Waals surface area contributed by atoms with Gasteiger partial charge in [-0.1, -0.05) is 0 Å². The van der Waals surface area contributed by atoms with Crippen molar-refractivity contribution in [2.24, 2.45) is 0 Å². The molecular formula is C14H20FN3O2S. The van der Waals surface area contributed by atoms with Gasteiger partial charge in [-0.2, -0.15) is 0 Å². The van der Waals surface area contributed by atoms with Crippen molar-refractivity contribution in [2.75, 3.05) is 18.8 Å². The Balaban J connectivity index is 1.86. The summed E-state index contributed by atoms with van der Waals surface area (Å²) >= 11 is 0. The molecule has 0 amide bonds. The summed E-state index contributed by atoms with van der Waals surface area (Å²) in [5.41, 5.74) is 6.53. The maximum Gasteiger partial charge on any atom is 0.243 e. The highest BCUT2D eigenvalue weighted by molar-refractivity contribution is 7.89. The van der Waals surface area contributed by atoms with Gasteiger partial charge in [-0.05, 0) is 50.4 Å². The summed E-state index contributed by atoms with van der Waals surface area (Å²) in [5.74, 6) is -0.754. The van der Waals surface area contributed by atoms with E-state index >= 15 is 0 Å². The van der Waals surface area contributed by atoms with Gasteiger partial charge in [0.1, 0.15) is 10.7 Å². The van der Waals surface area contributed by atoms with Gasteiger partial charge < -0.3 is 5.73 Å². The zero-order chi connectivity index (χ0) is 15.2. The van der Waals surface area contributed by atoms with E-state index < -0.39 is 15.8 Å². The molecule has 2 unspecified atom stereocenters. The van der Waals surface area contributed by atoms with Crippen LogP contribution in [-0.4, -0.2) is 38.5 Å². The number of sulfonamides is 1. The third-order valence-electron chi connectivity index (χ3n) is 4.52. The minimum absolute atomic E-state index is 0.139. The summed E-state index contributed by atoms with van der Waals surface area (Å²) in [5, 5.41) is 0. The first-order chi connectivity index (χ1) is 9.88. The van der Waals surface area contributed by atoms with Crippen LogP contribution in [0.4, 0.5) is 10.1 Å². The van der Waals surface area contributed by atoms with Crippen LogP contribution in [0.25, 0.3) is 0 Å². The van der Waals surface area contributed by atoms with E-state index in [1.165, 1.54) is 12.1 Å². The molecule has 2 aliphatic rings. The van der Waals surface area contributed by atoms with Gasteiger partial charge in [-0.3, -0.25) is 4.90 Å². The standard InChI is InChI=1S/C14H20FN3O2S/c1-9-7-10(15)14(8-11(9)16)21(19,20)17-12-4-6-18-5-2-3-13(12)18/h7-8,12-13,17H,2-6,16H2,1H3. The Hall–Kier alpha value is -1.18. The van der Waals surface area contributed by atoms with E-state index in [0.29, 0.717) is 5.56 Å². The van der Waals surface area contributed by atoms with E-state index in [1.54, 1.807) is 6.92 Å². The number of rotatable bonds is 3. The lowest BCUT2D eigenvalue weighted by atomic mass is 10.1. The van der Waals surface area contributed by atoms with Crippen molar-refractivity contribution in [1.82, 2.24) is 9.62 Å².